The van der Waals surface area contributed by atoms with Crippen LogP contribution in [-0.4, -0.2) is 29.8 Å². The summed E-state index contributed by atoms with van der Waals surface area (Å²) in [6, 6.07) is 4.64. The van der Waals surface area contributed by atoms with Gasteiger partial charge in [0.05, 0.1) is 5.69 Å². The Morgan fingerprint density at radius 3 is 2.35 bits per heavy atom. The molecule has 17 heavy (non-hydrogen) atoms. The van der Waals surface area contributed by atoms with Crippen LogP contribution < -0.4 is 10.2 Å². The number of nitrogens with one attached hydrogen (secondary N) is 1. The van der Waals surface area contributed by atoms with Gasteiger partial charge < -0.3 is 10.2 Å². The molecule has 1 aromatic rings. The van der Waals surface area contributed by atoms with Crippen LogP contribution in [0.4, 0.5) is 5.82 Å². The fourth-order valence-corrected chi connectivity index (χ4v) is 1.91. The number of hydrogen-bond donors (Lipinski definition) is 1. The first-order chi connectivity index (χ1) is 8.22. The van der Waals surface area contributed by atoms with E-state index in [-0.39, 0.29) is 0 Å². The molecular formula is C13H24N4. The molecule has 0 saturated carbocycles. The Morgan fingerprint density at radius 1 is 1.18 bits per heavy atom. The number of anilines is 1. The van der Waals surface area contributed by atoms with Crippen LogP contribution in [0.15, 0.2) is 12.1 Å². The van der Waals surface area contributed by atoms with Gasteiger partial charge in [0.2, 0.25) is 0 Å². The van der Waals surface area contributed by atoms with Gasteiger partial charge in [-0.05, 0) is 31.5 Å². The summed E-state index contributed by atoms with van der Waals surface area (Å²) in [5.74, 6) is 0.957. The first kappa shape index (κ1) is 13.9. The Hall–Kier alpha value is -1.16. The Balaban J connectivity index is 2.66. The van der Waals surface area contributed by atoms with E-state index in [9.17, 15) is 0 Å². The molecule has 4 heteroatoms. The molecule has 4 nitrogen and oxygen atoms in total. The monoisotopic (exact) mass is 236 g/mol. The summed E-state index contributed by atoms with van der Waals surface area (Å²) in [5, 5.41) is 11.8. The summed E-state index contributed by atoms with van der Waals surface area (Å²) in [5.41, 5.74) is 0.994. The van der Waals surface area contributed by atoms with E-state index in [1.54, 1.807) is 0 Å². The van der Waals surface area contributed by atoms with Gasteiger partial charge in [-0.2, -0.15) is 5.10 Å². The first-order valence-corrected chi connectivity index (χ1v) is 6.49. The van der Waals surface area contributed by atoms with Gasteiger partial charge in [0.25, 0.3) is 0 Å². The quantitative estimate of drug-likeness (QED) is 0.788. The predicted octanol–water partition coefficient (Wildman–Crippen LogP) is 2.21. The SMILES string of the molecule is CCNCc1ccc(N(C)C(CC)CC)nn1. The van der Waals surface area contributed by atoms with Crippen molar-refractivity contribution in [2.45, 2.75) is 46.2 Å². The summed E-state index contributed by atoms with van der Waals surface area (Å²) < 4.78 is 0. The maximum absolute atomic E-state index is 4.28. The average Bonchev–Trinajstić information content (AvgIpc) is 2.38. The van der Waals surface area contributed by atoms with Gasteiger partial charge in [-0.15, -0.1) is 5.10 Å². The Kier molecular flexibility index (Phi) is 5.91. The molecule has 1 heterocycles. The fourth-order valence-electron chi connectivity index (χ4n) is 1.91. The van der Waals surface area contributed by atoms with Crippen LogP contribution >= 0.6 is 0 Å². The second kappa shape index (κ2) is 7.22. The van der Waals surface area contributed by atoms with Crippen molar-refractivity contribution in [2.24, 2.45) is 0 Å². The minimum Gasteiger partial charge on any atom is -0.355 e. The first-order valence-electron chi connectivity index (χ1n) is 6.49. The van der Waals surface area contributed by atoms with E-state index in [0.717, 1.165) is 37.4 Å². The maximum Gasteiger partial charge on any atom is 0.151 e. The molecule has 1 N–H and O–H groups in total. The van der Waals surface area contributed by atoms with Crippen molar-refractivity contribution in [1.82, 2.24) is 15.5 Å². The van der Waals surface area contributed by atoms with Gasteiger partial charge >= 0.3 is 0 Å². The highest BCUT2D eigenvalue weighted by Crippen LogP contribution is 2.15. The van der Waals surface area contributed by atoms with Gasteiger partial charge in [-0.1, -0.05) is 20.8 Å². The van der Waals surface area contributed by atoms with E-state index in [1.807, 2.05) is 6.07 Å². The zero-order valence-electron chi connectivity index (χ0n) is 11.4. The lowest BCUT2D eigenvalue weighted by molar-refractivity contribution is 0.582. The van der Waals surface area contributed by atoms with Crippen LogP contribution in [0.2, 0.25) is 0 Å². The summed E-state index contributed by atoms with van der Waals surface area (Å²) in [4.78, 5) is 2.21. The molecule has 0 fully saturated rings. The van der Waals surface area contributed by atoms with E-state index < -0.39 is 0 Å². The van der Waals surface area contributed by atoms with Crippen molar-refractivity contribution >= 4 is 5.82 Å². The standard InChI is InChI=1S/C13H24N4/c1-5-12(6-2)17(4)13-9-8-11(15-16-13)10-14-7-3/h8-9,12,14H,5-7,10H2,1-4H3. The maximum atomic E-state index is 4.28. The van der Waals surface area contributed by atoms with Crippen LogP contribution in [0.25, 0.3) is 0 Å². The molecule has 96 valence electrons. The highest BCUT2D eigenvalue weighted by molar-refractivity contribution is 5.37. The molecule has 0 bridgehead atoms. The van der Waals surface area contributed by atoms with Crippen LogP contribution in [0, 0.1) is 0 Å². The number of aromatic nitrogens is 2. The van der Waals surface area contributed by atoms with Gasteiger partial charge in [0, 0.05) is 19.6 Å². The molecule has 0 radical (unpaired) electrons. The van der Waals surface area contributed by atoms with Gasteiger partial charge in [0.15, 0.2) is 5.82 Å². The van der Waals surface area contributed by atoms with Gasteiger partial charge in [0.1, 0.15) is 0 Å². The molecule has 0 unspecified atom stereocenters. The molecule has 0 atom stereocenters. The summed E-state index contributed by atoms with van der Waals surface area (Å²) in [7, 11) is 2.09. The zero-order valence-corrected chi connectivity index (χ0v) is 11.4. The van der Waals surface area contributed by atoms with Crippen molar-refractivity contribution in [2.75, 3.05) is 18.5 Å². The number of rotatable bonds is 7. The minimum atomic E-state index is 0.545. The van der Waals surface area contributed by atoms with E-state index >= 15 is 0 Å². The van der Waals surface area contributed by atoms with E-state index in [0.29, 0.717) is 6.04 Å². The predicted molar refractivity (Wildman–Crippen MR) is 72.2 cm³/mol. The van der Waals surface area contributed by atoms with Crippen molar-refractivity contribution in [3.63, 3.8) is 0 Å². The topological polar surface area (TPSA) is 41.0 Å². The highest BCUT2D eigenvalue weighted by atomic mass is 15.3. The molecule has 0 aliphatic heterocycles. The fraction of sp³-hybridized carbons (Fsp3) is 0.692. The number of hydrogen-bond acceptors (Lipinski definition) is 4. The average molecular weight is 236 g/mol. The van der Waals surface area contributed by atoms with Crippen LogP contribution in [-0.2, 0) is 6.54 Å². The van der Waals surface area contributed by atoms with Crippen LogP contribution in [0.5, 0.6) is 0 Å². The lowest BCUT2D eigenvalue weighted by atomic mass is 10.1. The smallest absolute Gasteiger partial charge is 0.151 e. The normalized spacial score (nSPS) is 10.9. The van der Waals surface area contributed by atoms with Crippen LogP contribution in [0.3, 0.4) is 0 Å². The molecule has 0 saturated heterocycles. The molecule has 0 aliphatic rings. The second-order valence-electron chi connectivity index (χ2n) is 4.24. The third kappa shape index (κ3) is 3.97. The molecule has 0 aliphatic carbocycles. The summed E-state index contributed by atoms with van der Waals surface area (Å²) in [6.45, 7) is 8.24. The molecule has 0 spiro atoms. The number of nitrogens with zero attached hydrogens (tertiary/aromatic N) is 3. The molecule has 0 aromatic carbocycles. The second-order valence-corrected chi connectivity index (χ2v) is 4.24. The molecule has 1 rings (SSSR count). The summed E-state index contributed by atoms with van der Waals surface area (Å²) >= 11 is 0. The van der Waals surface area contributed by atoms with E-state index in [1.165, 1.54) is 0 Å². The van der Waals surface area contributed by atoms with E-state index in [4.69, 9.17) is 0 Å². The van der Waals surface area contributed by atoms with Crippen molar-refractivity contribution in [1.29, 1.82) is 0 Å². The highest BCUT2D eigenvalue weighted by Gasteiger charge is 2.12. The lowest BCUT2D eigenvalue weighted by Crippen LogP contribution is -2.31. The largest absolute Gasteiger partial charge is 0.355 e. The Morgan fingerprint density at radius 2 is 1.88 bits per heavy atom. The molecule has 0 amide bonds. The molecule has 1 aromatic heterocycles. The van der Waals surface area contributed by atoms with Gasteiger partial charge in [-0.3, -0.25) is 0 Å². The Labute approximate surface area is 104 Å². The van der Waals surface area contributed by atoms with Crippen LogP contribution in [0.1, 0.15) is 39.3 Å². The summed E-state index contributed by atoms with van der Waals surface area (Å²) in [6.07, 6.45) is 2.27. The third-order valence-corrected chi connectivity index (χ3v) is 3.11. The van der Waals surface area contributed by atoms with E-state index in [2.05, 4.69) is 54.3 Å². The zero-order chi connectivity index (χ0) is 12.7. The minimum absolute atomic E-state index is 0.545. The van der Waals surface area contributed by atoms with Crippen molar-refractivity contribution < 1.29 is 0 Å². The molecular weight excluding hydrogens is 212 g/mol. The van der Waals surface area contributed by atoms with Crippen molar-refractivity contribution in [3.05, 3.63) is 17.8 Å². The Bertz CT molecular complexity index is 306. The van der Waals surface area contributed by atoms with Gasteiger partial charge in [-0.25, -0.2) is 0 Å². The third-order valence-electron chi connectivity index (χ3n) is 3.11. The van der Waals surface area contributed by atoms with Crippen molar-refractivity contribution in [3.8, 4) is 0 Å². The lowest BCUT2D eigenvalue weighted by Gasteiger charge is -2.26.